The van der Waals surface area contributed by atoms with Crippen LogP contribution in [-0.4, -0.2) is 17.4 Å². The van der Waals surface area contributed by atoms with Crippen LogP contribution >= 0.6 is 11.3 Å². The van der Waals surface area contributed by atoms with Gasteiger partial charge in [0, 0.05) is 18.3 Å². The van der Waals surface area contributed by atoms with Crippen LogP contribution in [0.4, 0.5) is 0 Å². The quantitative estimate of drug-likeness (QED) is 0.861. The number of hydrogen-bond acceptors (Lipinski definition) is 4. The SMILES string of the molecule is CCc1nc(CCNC(=O)C(N)c2ccc(C)cc2)cs1. The summed E-state index contributed by atoms with van der Waals surface area (Å²) in [6.07, 6.45) is 1.69. The number of nitrogens with zero attached hydrogens (tertiary/aromatic N) is 1. The van der Waals surface area contributed by atoms with Gasteiger partial charge in [0.1, 0.15) is 6.04 Å². The molecule has 1 aromatic heterocycles. The molecule has 1 aromatic carbocycles. The van der Waals surface area contributed by atoms with E-state index < -0.39 is 6.04 Å². The second-order valence-electron chi connectivity index (χ2n) is 5.02. The van der Waals surface area contributed by atoms with Crippen molar-refractivity contribution in [2.45, 2.75) is 32.7 Å². The zero-order chi connectivity index (χ0) is 15.2. The zero-order valence-electron chi connectivity index (χ0n) is 12.4. The van der Waals surface area contributed by atoms with Crippen LogP contribution in [0.1, 0.15) is 34.8 Å². The van der Waals surface area contributed by atoms with E-state index in [9.17, 15) is 4.79 Å². The molecule has 5 heteroatoms. The van der Waals surface area contributed by atoms with Crippen molar-refractivity contribution in [1.82, 2.24) is 10.3 Å². The van der Waals surface area contributed by atoms with Gasteiger partial charge in [-0.05, 0) is 18.9 Å². The Labute approximate surface area is 129 Å². The maximum atomic E-state index is 12.0. The second-order valence-corrected chi connectivity index (χ2v) is 5.96. The van der Waals surface area contributed by atoms with Crippen molar-refractivity contribution in [1.29, 1.82) is 0 Å². The third kappa shape index (κ3) is 4.37. The maximum absolute atomic E-state index is 12.0. The summed E-state index contributed by atoms with van der Waals surface area (Å²) in [5, 5.41) is 6.05. The molecule has 0 saturated heterocycles. The maximum Gasteiger partial charge on any atom is 0.241 e. The summed E-state index contributed by atoms with van der Waals surface area (Å²) in [7, 11) is 0. The number of nitrogens with two attached hydrogens (primary N) is 1. The molecule has 1 atom stereocenters. The molecule has 2 rings (SSSR count). The molecule has 0 aliphatic rings. The fraction of sp³-hybridized carbons (Fsp3) is 0.375. The van der Waals surface area contributed by atoms with Crippen molar-refractivity contribution < 1.29 is 4.79 Å². The van der Waals surface area contributed by atoms with Crippen LogP contribution in [0.5, 0.6) is 0 Å². The Morgan fingerprint density at radius 3 is 2.71 bits per heavy atom. The topological polar surface area (TPSA) is 68.0 Å². The number of amides is 1. The summed E-state index contributed by atoms with van der Waals surface area (Å²) in [6, 6.07) is 7.10. The second kappa shape index (κ2) is 7.33. The van der Waals surface area contributed by atoms with Gasteiger partial charge in [-0.2, -0.15) is 0 Å². The van der Waals surface area contributed by atoms with Crippen molar-refractivity contribution >= 4 is 17.2 Å². The van der Waals surface area contributed by atoms with Gasteiger partial charge in [0.05, 0.1) is 10.7 Å². The molecule has 21 heavy (non-hydrogen) atoms. The minimum atomic E-state index is -0.618. The molecule has 0 aliphatic heterocycles. The molecule has 4 nitrogen and oxygen atoms in total. The average molecular weight is 303 g/mol. The van der Waals surface area contributed by atoms with Crippen LogP contribution in [0, 0.1) is 6.92 Å². The van der Waals surface area contributed by atoms with Crippen LogP contribution in [0.15, 0.2) is 29.6 Å². The van der Waals surface area contributed by atoms with Crippen molar-refractivity contribution in [3.8, 4) is 0 Å². The van der Waals surface area contributed by atoms with Gasteiger partial charge in [0.15, 0.2) is 0 Å². The first-order valence-corrected chi connectivity index (χ1v) is 8.01. The number of carbonyl (C=O) groups is 1. The van der Waals surface area contributed by atoms with Gasteiger partial charge < -0.3 is 11.1 Å². The summed E-state index contributed by atoms with van der Waals surface area (Å²) in [4.78, 5) is 16.5. The van der Waals surface area contributed by atoms with Crippen LogP contribution in [0.3, 0.4) is 0 Å². The zero-order valence-corrected chi connectivity index (χ0v) is 13.2. The van der Waals surface area contributed by atoms with Gasteiger partial charge in [0.25, 0.3) is 0 Å². The number of rotatable bonds is 6. The largest absolute Gasteiger partial charge is 0.354 e. The minimum absolute atomic E-state index is 0.148. The molecule has 0 radical (unpaired) electrons. The van der Waals surface area contributed by atoms with E-state index in [4.69, 9.17) is 5.73 Å². The lowest BCUT2D eigenvalue weighted by Crippen LogP contribution is -2.35. The van der Waals surface area contributed by atoms with Gasteiger partial charge in [-0.15, -0.1) is 11.3 Å². The Bertz CT molecular complexity index is 592. The number of aromatic nitrogens is 1. The first kappa shape index (κ1) is 15.7. The highest BCUT2D eigenvalue weighted by Gasteiger charge is 2.15. The van der Waals surface area contributed by atoms with Gasteiger partial charge in [0.2, 0.25) is 5.91 Å². The predicted octanol–water partition coefficient (Wildman–Crippen LogP) is 2.37. The number of hydrogen-bond donors (Lipinski definition) is 2. The highest BCUT2D eigenvalue weighted by Crippen LogP contribution is 2.12. The van der Waals surface area contributed by atoms with Gasteiger partial charge >= 0.3 is 0 Å². The molecular weight excluding hydrogens is 282 g/mol. The first-order valence-electron chi connectivity index (χ1n) is 7.13. The van der Waals surface area contributed by atoms with Crippen molar-refractivity contribution in [2.75, 3.05) is 6.54 Å². The lowest BCUT2D eigenvalue weighted by molar-refractivity contribution is -0.122. The average Bonchev–Trinajstić information content (AvgIpc) is 2.95. The molecule has 0 bridgehead atoms. The normalized spacial score (nSPS) is 12.1. The third-order valence-electron chi connectivity index (χ3n) is 3.30. The van der Waals surface area contributed by atoms with Gasteiger partial charge in [-0.25, -0.2) is 4.98 Å². The van der Waals surface area contributed by atoms with Crippen molar-refractivity contribution in [2.24, 2.45) is 5.73 Å². The van der Waals surface area contributed by atoms with E-state index >= 15 is 0 Å². The van der Waals surface area contributed by atoms with E-state index in [1.807, 2.05) is 36.6 Å². The van der Waals surface area contributed by atoms with Gasteiger partial charge in [-0.3, -0.25) is 4.79 Å². The van der Waals surface area contributed by atoms with Crippen LogP contribution in [0.25, 0.3) is 0 Å². The lowest BCUT2D eigenvalue weighted by Gasteiger charge is -2.12. The summed E-state index contributed by atoms with van der Waals surface area (Å²) in [5.41, 5.74) is 8.98. The van der Waals surface area contributed by atoms with Crippen LogP contribution in [-0.2, 0) is 17.6 Å². The first-order chi connectivity index (χ1) is 10.1. The molecule has 0 saturated carbocycles. The van der Waals surface area contributed by atoms with E-state index in [1.54, 1.807) is 11.3 Å². The highest BCUT2D eigenvalue weighted by molar-refractivity contribution is 7.09. The van der Waals surface area contributed by atoms with Gasteiger partial charge in [-0.1, -0.05) is 36.8 Å². The van der Waals surface area contributed by atoms with E-state index in [0.29, 0.717) is 6.54 Å². The molecule has 0 fully saturated rings. The molecule has 1 heterocycles. The van der Waals surface area contributed by atoms with E-state index in [-0.39, 0.29) is 5.91 Å². The molecule has 1 unspecified atom stereocenters. The number of nitrogens with one attached hydrogen (secondary N) is 1. The predicted molar refractivity (Wildman–Crippen MR) is 86.3 cm³/mol. The smallest absolute Gasteiger partial charge is 0.241 e. The summed E-state index contributed by atoms with van der Waals surface area (Å²) in [6.45, 7) is 4.66. The number of benzene rings is 1. The Kier molecular flexibility index (Phi) is 5.47. The summed E-state index contributed by atoms with van der Waals surface area (Å²) < 4.78 is 0. The Morgan fingerprint density at radius 1 is 1.38 bits per heavy atom. The minimum Gasteiger partial charge on any atom is -0.354 e. The van der Waals surface area contributed by atoms with E-state index in [2.05, 4.69) is 17.2 Å². The standard InChI is InChI=1S/C16H21N3OS/c1-3-14-19-13(10-21-14)8-9-18-16(20)15(17)12-6-4-11(2)5-7-12/h4-7,10,15H,3,8-9,17H2,1-2H3,(H,18,20). The van der Waals surface area contributed by atoms with Crippen molar-refractivity contribution in [3.05, 3.63) is 51.5 Å². The molecule has 2 aromatic rings. The lowest BCUT2D eigenvalue weighted by atomic mass is 10.1. The van der Waals surface area contributed by atoms with Crippen LogP contribution < -0.4 is 11.1 Å². The molecule has 0 spiro atoms. The van der Waals surface area contributed by atoms with Crippen molar-refractivity contribution in [3.63, 3.8) is 0 Å². The monoisotopic (exact) mass is 303 g/mol. The third-order valence-corrected chi connectivity index (χ3v) is 4.34. The van der Waals surface area contributed by atoms with E-state index in [1.165, 1.54) is 0 Å². The molecular formula is C16H21N3OS. The Balaban J connectivity index is 1.82. The molecule has 0 aliphatic carbocycles. The fourth-order valence-electron chi connectivity index (χ4n) is 1.98. The number of carbonyl (C=O) groups excluding carboxylic acids is 1. The molecule has 112 valence electrons. The summed E-state index contributed by atoms with van der Waals surface area (Å²) >= 11 is 1.66. The molecule has 1 amide bonds. The highest BCUT2D eigenvalue weighted by atomic mass is 32.1. The number of thiazole rings is 1. The Hall–Kier alpha value is -1.72. The van der Waals surface area contributed by atoms with Crippen LogP contribution in [0.2, 0.25) is 0 Å². The Morgan fingerprint density at radius 2 is 2.10 bits per heavy atom. The number of aryl methyl sites for hydroxylation is 2. The summed E-state index contributed by atoms with van der Waals surface area (Å²) in [5.74, 6) is -0.148. The van der Waals surface area contributed by atoms with E-state index in [0.717, 1.165) is 34.7 Å². The molecule has 3 N–H and O–H groups in total. The fourth-order valence-corrected chi connectivity index (χ4v) is 2.75.